The molecule has 0 unspecified atom stereocenters. The fourth-order valence-electron chi connectivity index (χ4n) is 3.73. The molecule has 0 spiro atoms. The van der Waals surface area contributed by atoms with Crippen LogP contribution in [0.2, 0.25) is 5.02 Å². The van der Waals surface area contributed by atoms with Gasteiger partial charge in [0.25, 0.3) is 5.91 Å². The first-order valence-electron chi connectivity index (χ1n) is 11.8. The number of hydrogen-bond acceptors (Lipinski definition) is 3. The standard InChI is InChI=1S/C29H32ClFN2O3/c1-20-16-24(14-15-25(20)30)36-19-27(34)33(18-22-10-12-23(31)13-11-22)26(28(35)32-29(2,3)4)17-21-8-6-5-7-9-21/h5-16,26H,17-19H2,1-4H3,(H,32,35)/t26-/m1/s1. The number of halogens is 2. The highest BCUT2D eigenvalue weighted by Gasteiger charge is 2.32. The van der Waals surface area contributed by atoms with E-state index >= 15 is 0 Å². The minimum Gasteiger partial charge on any atom is -0.484 e. The van der Waals surface area contributed by atoms with Crippen molar-refractivity contribution >= 4 is 23.4 Å². The molecule has 7 heteroatoms. The van der Waals surface area contributed by atoms with E-state index in [9.17, 15) is 14.0 Å². The first kappa shape index (κ1) is 27.2. The molecule has 190 valence electrons. The van der Waals surface area contributed by atoms with E-state index < -0.39 is 11.6 Å². The number of aryl methyl sites for hydroxylation is 1. The summed E-state index contributed by atoms with van der Waals surface area (Å²) in [5.41, 5.74) is 1.95. The van der Waals surface area contributed by atoms with Gasteiger partial charge in [0.05, 0.1) is 0 Å². The van der Waals surface area contributed by atoms with Crippen LogP contribution >= 0.6 is 11.6 Å². The number of amides is 2. The molecule has 36 heavy (non-hydrogen) atoms. The molecule has 0 aliphatic rings. The smallest absolute Gasteiger partial charge is 0.261 e. The van der Waals surface area contributed by atoms with Crippen molar-refractivity contribution in [1.82, 2.24) is 10.2 Å². The zero-order valence-electron chi connectivity index (χ0n) is 21.1. The monoisotopic (exact) mass is 510 g/mol. The maximum Gasteiger partial charge on any atom is 0.261 e. The van der Waals surface area contributed by atoms with Gasteiger partial charge in [-0.2, -0.15) is 0 Å². The van der Waals surface area contributed by atoms with Gasteiger partial charge < -0.3 is 15.0 Å². The first-order chi connectivity index (χ1) is 17.0. The molecule has 0 saturated carbocycles. The highest BCUT2D eigenvalue weighted by atomic mass is 35.5. The van der Waals surface area contributed by atoms with Crippen molar-refractivity contribution in [2.75, 3.05) is 6.61 Å². The predicted octanol–water partition coefficient (Wildman–Crippen LogP) is 5.72. The number of benzene rings is 3. The molecule has 2 amide bonds. The molecule has 0 aliphatic carbocycles. The summed E-state index contributed by atoms with van der Waals surface area (Å²) in [5, 5.41) is 3.61. The lowest BCUT2D eigenvalue weighted by Gasteiger charge is -2.33. The SMILES string of the molecule is Cc1cc(OCC(=O)N(Cc2ccc(F)cc2)[C@H](Cc2ccccc2)C(=O)NC(C)(C)C)ccc1Cl. The molecule has 3 aromatic carbocycles. The molecule has 0 radical (unpaired) electrons. The summed E-state index contributed by atoms with van der Waals surface area (Å²) < 4.78 is 19.3. The lowest BCUT2D eigenvalue weighted by Crippen LogP contribution is -2.55. The van der Waals surface area contributed by atoms with Crippen LogP contribution < -0.4 is 10.1 Å². The van der Waals surface area contributed by atoms with Crippen molar-refractivity contribution in [3.05, 3.63) is 100 Å². The maximum absolute atomic E-state index is 13.6. The molecular formula is C29H32ClFN2O3. The summed E-state index contributed by atoms with van der Waals surface area (Å²) >= 11 is 6.10. The Bertz CT molecular complexity index is 1180. The zero-order valence-corrected chi connectivity index (χ0v) is 21.8. The number of nitrogens with one attached hydrogen (secondary N) is 1. The number of carbonyl (C=O) groups is 2. The Balaban J connectivity index is 1.92. The van der Waals surface area contributed by atoms with Gasteiger partial charge in [0, 0.05) is 23.5 Å². The summed E-state index contributed by atoms with van der Waals surface area (Å²) in [6, 6.07) is 19.8. The molecule has 1 atom stereocenters. The van der Waals surface area contributed by atoms with Gasteiger partial charge in [-0.05, 0) is 74.7 Å². The van der Waals surface area contributed by atoms with Gasteiger partial charge in [0.1, 0.15) is 17.6 Å². The Morgan fingerprint density at radius 3 is 2.28 bits per heavy atom. The van der Waals surface area contributed by atoms with Gasteiger partial charge in [-0.25, -0.2) is 4.39 Å². The van der Waals surface area contributed by atoms with Crippen LogP contribution in [0.1, 0.15) is 37.5 Å². The molecule has 0 aromatic heterocycles. The molecule has 0 bridgehead atoms. The van der Waals surface area contributed by atoms with E-state index in [2.05, 4.69) is 5.32 Å². The summed E-state index contributed by atoms with van der Waals surface area (Å²) in [4.78, 5) is 28.6. The van der Waals surface area contributed by atoms with Crippen LogP contribution in [0.25, 0.3) is 0 Å². The summed E-state index contributed by atoms with van der Waals surface area (Å²) in [6.07, 6.45) is 0.315. The second-order valence-corrected chi connectivity index (χ2v) is 10.2. The average molecular weight is 511 g/mol. The van der Waals surface area contributed by atoms with Gasteiger partial charge in [-0.1, -0.05) is 54.1 Å². The van der Waals surface area contributed by atoms with Gasteiger partial charge in [0.15, 0.2) is 6.61 Å². The van der Waals surface area contributed by atoms with E-state index in [-0.39, 0.29) is 30.8 Å². The van der Waals surface area contributed by atoms with Crippen molar-refractivity contribution in [2.45, 2.75) is 52.2 Å². The minimum absolute atomic E-state index is 0.122. The van der Waals surface area contributed by atoms with Crippen LogP contribution in [-0.4, -0.2) is 34.9 Å². The predicted molar refractivity (Wildman–Crippen MR) is 140 cm³/mol. The Labute approximate surface area is 217 Å². The molecule has 3 aromatic rings. The molecule has 0 saturated heterocycles. The Kier molecular flexibility index (Phi) is 9.10. The molecule has 3 rings (SSSR count). The van der Waals surface area contributed by atoms with Gasteiger partial charge >= 0.3 is 0 Å². The van der Waals surface area contributed by atoms with Gasteiger partial charge in [-0.3, -0.25) is 9.59 Å². The van der Waals surface area contributed by atoms with Crippen molar-refractivity contribution in [3.63, 3.8) is 0 Å². The quantitative estimate of drug-likeness (QED) is 0.400. The summed E-state index contributed by atoms with van der Waals surface area (Å²) in [5.74, 6) is -0.504. The van der Waals surface area contributed by atoms with Crippen LogP contribution in [0.3, 0.4) is 0 Å². The third-order valence-corrected chi connectivity index (χ3v) is 5.95. The number of hydrogen-bond donors (Lipinski definition) is 1. The fraction of sp³-hybridized carbons (Fsp3) is 0.310. The fourth-order valence-corrected chi connectivity index (χ4v) is 3.85. The van der Waals surface area contributed by atoms with Gasteiger partial charge in [-0.15, -0.1) is 0 Å². The number of ether oxygens (including phenoxy) is 1. The van der Waals surface area contributed by atoms with Crippen molar-refractivity contribution in [2.24, 2.45) is 0 Å². The Morgan fingerprint density at radius 2 is 1.67 bits per heavy atom. The van der Waals surface area contributed by atoms with Crippen LogP contribution in [0.15, 0.2) is 72.8 Å². The lowest BCUT2D eigenvalue weighted by atomic mass is 10.0. The molecule has 0 fully saturated rings. The first-order valence-corrected chi connectivity index (χ1v) is 12.2. The minimum atomic E-state index is -0.806. The van der Waals surface area contributed by atoms with E-state index in [1.54, 1.807) is 30.3 Å². The molecule has 0 aliphatic heterocycles. The van der Waals surface area contributed by atoms with E-state index in [4.69, 9.17) is 16.3 Å². The average Bonchev–Trinajstić information content (AvgIpc) is 2.82. The second kappa shape index (κ2) is 12.0. The lowest BCUT2D eigenvalue weighted by molar-refractivity contribution is -0.143. The third kappa shape index (κ3) is 8.09. The number of rotatable bonds is 9. The molecular weight excluding hydrogens is 479 g/mol. The topological polar surface area (TPSA) is 58.6 Å². The molecule has 0 heterocycles. The normalized spacial score (nSPS) is 12.1. The molecule has 5 nitrogen and oxygen atoms in total. The van der Waals surface area contributed by atoms with Gasteiger partial charge in [0.2, 0.25) is 5.91 Å². The largest absolute Gasteiger partial charge is 0.484 e. The van der Waals surface area contributed by atoms with Crippen molar-refractivity contribution in [1.29, 1.82) is 0 Å². The Morgan fingerprint density at radius 1 is 1.00 bits per heavy atom. The van der Waals surface area contributed by atoms with E-state index in [0.29, 0.717) is 22.8 Å². The van der Waals surface area contributed by atoms with Crippen LogP contribution in [0.4, 0.5) is 4.39 Å². The Hall–Kier alpha value is -3.38. The highest BCUT2D eigenvalue weighted by molar-refractivity contribution is 6.31. The van der Waals surface area contributed by atoms with Crippen LogP contribution in [0.5, 0.6) is 5.75 Å². The summed E-state index contributed by atoms with van der Waals surface area (Å²) in [6.45, 7) is 7.38. The summed E-state index contributed by atoms with van der Waals surface area (Å²) in [7, 11) is 0. The maximum atomic E-state index is 13.6. The number of nitrogens with zero attached hydrogens (tertiary/aromatic N) is 1. The molecule has 1 N–H and O–H groups in total. The van der Waals surface area contributed by atoms with Crippen LogP contribution in [0, 0.1) is 12.7 Å². The van der Waals surface area contributed by atoms with Crippen molar-refractivity contribution in [3.8, 4) is 5.75 Å². The third-order valence-electron chi connectivity index (χ3n) is 5.53. The van der Waals surface area contributed by atoms with Crippen LogP contribution in [-0.2, 0) is 22.6 Å². The van der Waals surface area contributed by atoms with E-state index in [1.807, 2.05) is 58.0 Å². The highest BCUT2D eigenvalue weighted by Crippen LogP contribution is 2.22. The van der Waals surface area contributed by atoms with E-state index in [0.717, 1.165) is 11.1 Å². The van der Waals surface area contributed by atoms with Crippen molar-refractivity contribution < 1.29 is 18.7 Å². The number of carbonyl (C=O) groups excluding carboxylic acids is 2. The second-order valence-electron chi connectivity index (χ2n) is 9.79. The zero-order chi connectivity index (χ0) is 26.3. The van der Waals surface area contributed by atoms with E-state index in [1.165, 1.54) is 17.0 Å².